The second kappa shape index (κ2) is 7.46. The average Bonchev–Trinajstić information content (AvgIpc) is 2.48. The van der Waals surface area contributed by atoms with Gasteiger partial charge in [-0.15, -0.1) is 0 Å². The number of carbonyl (C=O) groups excluding carboxylic acids is 1. The van der Waals surface area contributed by atoms with Gasteiger partial charge in [-0.3, -0.25) is 4.79 Å². The Bertz CT molecular complexity index is 468. The van der Waals surface area contributed by atoms with Crippen molar-refractivity contribution in [1.82, 2.24) is 5.32 Å². The number of para-hydroxylation sites is 2. The third-order valence-electron chi connectivity index (χ3n) is 4.28. The highest BCUT2D eigenvalue weighted by Crippen LogP contribution is 2.34. The number of amides is 1. The molecule has 0 spiro atoms. The highest BCUT2D eigenvalue weighted by molar-refractivity contribution is 5.93. The van der Waals surface area contributed by atoms with Gasteiger partial charge in [-0.2, -0.15) is 0 Å². The Morgan fingerprint density at radius 3 is 2.67 bits per heavy atom. The van der Waals surface area contributed by atoms with Gasteiger partial charge in [-0.1, -0.05) is 38.3 Å². The minimum absolute atomic E-state index is 0.0288. The Hall–Kier alpha value is -1.55. The van der Waals surface area contributed by atoms with Crippen LogP contribution in [0.25, 0.3) is 0 Å². The van der Waals surface area contributed by atoms with E-state index in [0.29, 0.717) is 17.7 Å². The van der Waals surface area contributed by atoms with Crippen molar-refractivity contribution in [3.63, 3.8) is 0 Å². The molecule has 1 saturated carbocycles. The first-order chi connectivity index (χ1) is 10.1. The molecule has 0 saturated heterocycles. The summed E-state index contributed by atoms with van der Waals surface area (Å²) in [5.41, 5.74) is 1.07. The van der Waals surface area contributed by atoms with Gasteiger partial charge >= 0.3 is 0 Å². The van der Waals surface area contributed by atoms with E-state index < -0.39 is 0 Å². The molecule has 0 radical (unpaired) electrons. The second-order valence-electron chi connectivity index (χ2n) is 6.22. The Balaban J connectivity index is 1.77. The molecule has 1 aliphatic carbocycles. The van der Waals surface area contributed by atoms with Gasteiger partial charge in [0.1, 0.15) is 5.75 Å². The first kappa shape index (κ1) is 15.8. The lowest BCUT2D eigenvalue weighted by atomic mass is 9.76. The number of nitrogens with one attached hydrogen (secondary N) is 2. The van der Waals surface area contributed by atoms with E-state index in [1.165, 1.54) is 32.1 Å². The lowest BCUT2D eigenvalue weighted by Crippen LogP contribution is -2.37. The normalized spacial score (nSPS) is 17.2. The molecule has 2 N–H and O–H groups in total. The molecule has 4 heteroatoms. The van der Waals surface area contributed by atoms with E-state index in [9.17, 15) is 4.79 Å². The summed E-state index contributed by atoms with van der Waals surface area (Å²) in [4.78, 5) is 12.0. The number of hydrogen-bond acceptors (Lipinski definition) is 3. The summed E-state index contributed by atoms with van der Waals surface area (Å²) >= 11 is 0. The average molecular weight is 290 g/mol. The number of anilines is 1. The zero-order chi connectivity index (χ0) is 15.1. The molecule has 0 unspecified atom stereocenters. The minimum Gasteiger partial charge on any atom is -0.495 e. The molecule has 4 nitrogen and oxygen atoms in total. The number of rotatable bonds is 6. The Morgan fingerprint density at radius 1 is 1.24 bits per heavy atom. The second-order valence-corrected chi connectivity index (χ2v) is 6.22. The number of benzene rings is 1. The lowest BCUT2D eigenvalue weighted by Gasteiger charge is -2.33. The molecule has 0 atom stereocenters. The van der Waals surface area contributed by atoms with Crippen LogP contribution < -0.4 is 15.4 Å². The van der Waals surface area contributed by atoms with Crippen LogP contribution in [0, 0.1) is 5.41 Å². The maximum atomic E-state index is 12.0. The molecule has 1 amide bonds. The molecule has 1 aromatic rings. The summed E-state index contributed by atoms with van der Waals surface area (Å²) in [6, 6.07) is 7.45. The summed E-state index contributed by atoms with van der Waals surface area (Å²) in [6.07, 6.45) is 6.49. The van der Waals surface area contributed by atoms with Crippen molar-refractivity contribution in [3.05, 3.63) is 24.3 Å². The Morgan fingerprint density at radius 2 is 1.95 bits per heavy atom. The maximum Gasteiger partial charge on any atom is 0.238 e. The van der Waals surface area contributed by atoms with Crippen molar-refractivity contribution >= 4 is 11.6 Å². The fourth-order valence-corrected chi connectivity index (χ4v) is 3.00. The van der Waals surface area contributed by atoms with Crippen LogP contribution in [0.1, 0.15) is 39.0 Å². The van der Waals surface area contributed by atoms with E-state index >= 15 is 0 Å². The largest absolute Gasteiger partial charge is 0.495 e. The van der Waals surface area contributed by atoms with Gasteiger partial charge in [0, 0.05) is 6.54 Å². The monoisotopic (exact) mass is 290 g/mol. The van der Waals surface area contributed by atoms with Crippen LogP contribution in [0.2, 0.25) is 0 Å². The molecule has 0 aromatic heterocycles. The smallest absolute Gasteiger partial charge is 0.238 e. The summed E-state index contributed by atoms with van der Waals surface area (Å²) in [5, 5.41) is 6.19. The summed E-state index contributed by atoms with van der Waals surface area (Å²) in [6.45, 7) is 3.57. The van der Waals surface area contributed by atoms with Crippen molar-refractivity contribution < 1.29 is 9.53 Å². The van der Waals surface area contributed by atoms with Gasteiger partial charge in [0.15, 0.2) is 0 Å². The van der Waals surface area contributed by atoms with Gasteiger partial charge in [-0.25, -0.2) is 0 Å². The quantitative estimate of drug-likeness (QED) is 0.846. The molecular formula is C17H26N2O2. The van der Waals surface area contributed by atoms with E-state index in [1.807, 2.05) is 24.3 Å². The van der Waals surface area contributed by atoms with Crippen LogP contribution in [0.5, 0.6) is 5.75 Å². The number of hydrogen-bond donors (Lipinski definition) is 2. The van der Waals surface area contributed by atoms with Gasteiger partial charge in [0.2, 0.25) is 5.91 Å². The molecule has 116 valence electrons. The van der Waals surface area contributed by atoms with Gasteiger partial charge in [0.25, 0.3) is 0 Å². The summed E-state index contributed by atoms with van der Waals surface area (Å²) in [7, 11) is 1.60. The van der Waals surface area contributed by atoms with E-state index in [4.69, 9.17) is 4.74 Å². The SMILES string of the molecule is COc1ccccc1NC(=O)CNCC1(C)CCCCC1. The highest BCUT2D eigenvalue weighted by Gasteiger charge is 2.26. The van der Waals surface area contributed by atoms with Gasteiger partial charge < -0.3 is 15.4 Å². The van der Waals surface area contributed by atoms with Crippen LogP contribution >= 0.6 is 0 Å². The molecule has 0 aliphatic heterocycles. The van der Waals surface area contributed by atoms with E-state index in [-0.39, 0.29) is 5.91 Å². The Kier molecular flexibility index (Phi) is 5.62. The summed E-state index contributed by atoms with van der Waals surface area (Å²) < 4.78 is 5.23. The molecule has 1 aromatic carbocycles. The molecule has 21 heavy (non-hydrogen) atoms. The third kappa shape index (κ3) is 4.74. The van der Waals surface area contributed by atoms with Gasteiger partial charge in [0.05, 0.1) is 19.3 Å². The van der Waals surface area contributed by atoms with Crippen molar-refractivity contribution in [1.29, 1.82) is 0 Å². The predicted molar refractivity (Wildman–Crippen MR) is 85.7 cm³/mol. The predicted octanol–water partition coefficient (Wildman–Crippen LogP) is 3.19. The fourth-order valence-electron chi connectivity index (χ4n) is 3.00. The fraction of sp³-hybridized carbons (Fsp3) is 0.588. The minimum atomic E-state index is -0.0288. The van der Waals surface area contributed by atoms with Crippen molar-refractivity contribution in [2.45, 2.75) is 39.0 Å². The van der Waals surface area contributed by atoms with Crippen LogP contribution in [0.4, 0.5) is 5.69 Å². The van der Waals surface area contributed by atoms with Crippen molar-refractivity contribution in [2.24, 2.45) is 5.41 Å². The van der Waals surface area contributed by atoms with Gasteiger partial charge in [-0.05, 0) is 30.4 Å². The first-order valence-electron chi connectivity index (χ1n) is 7.77. The van der Waals surface area contributed by atoms with E-state index in [0.717, 1.165) is 12.2 Å². The zero-order valence-corrected chi connectivity index (χ0v) is 13.1. The molecule has 1 aliphatic rings. The summed E-state index contributed by atoms with van der Waals surface area (Å²) in [5.74, 6) is 0.656. The van der Waals surface area contributed by atoms with E-state index in [1.54, 1.807) is 7.11 Å². The molecular weight excluding hydrogens is 264 g/mol. The number of methoxy groups -OCH3 is 1. The van der Waals surface area contributed by atoms with Crippen LogP contribution in [0.3, 0.4) is 0 Å². The standard InChI is InChI=1S/C17H26N2O2/c1-17(10-6-3-7-11-17)13-18-12-16(20)19-14-8-4-5-9-15(14)21-2/h4-5,8-9,18H,3,6-7,10-13H2,1-2H3,(H,19,20). The first-order valence-corrected chi connectivity index (χ1v) is 7.77. The Labute approximate surface area is 127 Å². The van der Waals surface area contributed by atoms with Crippen LogP contribution in [-0.2, 0) is 4.79 Å². The zero-order valence-electron chi connectivity index (χ0n) is 13.1. The molecule has 1 fully saturated rings. The van der Waals surface area contributed by atoms with Crippen molar-refractivity contribution in [3.8, 4) is 5.75 Å². The third-order valence-corrected chi connectivity index (χ3v) is 4.28. The topological polar surface area (TPSA) is 50.4 Å². The molecule has 0 bridgehead atoms. The van der Waals surface area contributed by atoms with E-state index in [2.05, 4.69) is 17.6 Å². The molecule has 2 rings (SSSR count). The number of ether oxygens (including phenoxy) is 1. The highest BCUT2D eigenvalue weighted by atomic mass is 16.5. The number of carbonyl (C=O) groups is 1. The lowest BCUT2D eigenvalue weighted by molar-refractivity contribution is -0.115. The van der Waals surface area contributed by atoms with Crippen LogP contribution in [-0.4, -0.2) is 26.1 Å². The van der Waals surface area contributed by atoms with Crippen molar-refractivity contribution in [2.75, 3.05) is 25.5 Å². The molecule has 0 heterocycles. The van der Waals surface area contributed by atoms with Crippen LogP contribution in [0.15, 0.2) is 24.3 Å². The maximum absolute atomic E-state index is 12.0.